The molecule has 166 valence electrons. The molecule has 0 saturated heterocycles. The summed E-state index contributed by atoms with van der Waals surface area (Å²) < 4.78 is 32.9. The van der Waals surface area contributed by atoms with Gasteiger partial charge in [-0.1, -0.05) is 59.2 Å². The van der Waals surface area contributed by atoms with Gasteiger partial charge in [0, 0.05) is 12.0 Å². The molecule has 1 aromatic heterocycles. The smallest absolute Gasteiger partial charge is 0.271 e. The maximum Gasteiger partial charge on any atom is 0.271 e. The van der Waals surface area contributed by atoms with Crippen LogP contribution in [0.25, 0.3) is 0 Å². The molecule has 1 aromatic carbocycles. The zero-order valence-corrected chi connectivity index (χ0v) is 21.4. The van der Waals surface area contributed by atoms with Crippen molar-refractivity contribution in [3.8, 4) is 23.4 Å². The average Bonchev–Trinajstić information content (AvgIpc) is 3.19. The molecule has 2 rings (SSSR count). The van der Waals surface area contributed by atoms with Crippen LogP contribution in [-0.4, -0.2) is 20.8 Å². The fourth-order valence-corrected chi connectivity index (χ4v) is 10.6. The molecule has 0 aliphatic carbocycles. The molecular formula is C25H33NO3SSi. The highest BCUT2D eigenvalue weighted by molar-refractivity contribution is 7.89. The summed E-state index contributed by atoms with van der Waals surface area (Å²) in [6.07, 6.45) is 1.52. The molecular weight excluding hydrogens is 422 g/mol. The van der Waals surface area contributed by atoms with Crippen molar-refractivity contribution in [2.45, 2.75) is 76.5 Å². The van der Waals surface area contributed by atoms with Crippen LogP contribution in [0.1, 0.15) is 52.9 Å². The first-order chi connectivity index (χ1) is 14.5. The molecule has 1 heterocycles. The molecule has 0 atom stereocenters. The van der Waals surface area contributed by atoms with Crippen LogP contribution in [0.2, 0.25) is 16.6 Å². The number of aryl methyl sites for hydroxylation is 1. The lowest BCUT2D eigenvalue weighted by Gasteiger charge is -2.37. The Morgan fingerprint density at radius 3 is 2.00 bits per heavy atom. The molecule has 0 spiro atoms. The molecule has 4 nitrogen and oxygen atoms in total. The van der Waals surface area contributed by atoms with Crippen LogP contribution in [-0.2, 0) is 16.6 Å². The molecule has 0 saturated carbocycles. The van der Waals surface area contributed by atoms with E-state index in [1.807, 2.05) is 6.92 Å². The van der Waals surface area contributed by atoms with E-state index in [9.17, 15) is 8.42 Å². The normalized spacial score (nSPS) is 11.8. The molecule has 0 N–H and O–H groups in total. The zero-order valence-electron chi connectivity index (χ0n) is 19.6. The van der Waals surface area contributed by atoms with Gasteiger partial charge in [-0.25, -0.2) is 12.7 Å². The highest BCUT2D eigenvalue weighted by Gasteiger charge is 2.41. The Bertz CT molecular complexity index is 1060. The van der Waals surface area contributed by atoms with Gasteiger partial charge < -0.3 is 4.42 Å². The maximum absolute atomic E-state index is 13.2. The van der Waals surface area contributed by atoms with Crippen molar-refractivity contribution in [3.05, 3.63) is 54.0 Å². The van der Waals surface area contributed by atoms with E-state index >= 15 is 0 Å². The van der Waals surface area contributed by atoms with E-state index in [-0.39, 0.29) is 11.4 Å². The van der Waals surface area contributed by atoms with Crippen molar-refractivity contribution >= 4 is 18.1 Å². The van der Waals surface area contributed by atoms with Gasteiger partial charge in [0.1, 0.15) is 20.4 Å². The van der Waals surface area contributed by atoms with Crippen molar-refractivity contribution in [1.82, 2.24) is 4.31 Å². The Morgan fingerprint density at radius 2 is 1.52 bits per heavy atom. The van der Waals surface area contributed by atoms with Gasteiger partial charge in [-0.05, 0) is 53.7 Å². The largest absolute Gasteiger partial charge is 0.467 e. The minimum atomic E-state index is -3.82. The van der Waals surface area contributed by atoms with Crippen molar-refractivity contribution in [1.29, 1.82) is 0 Å². The van der Waals surface area contributed by atoms with Gasteiger partial charge in [0.15, 0.2) is 0 Å². The lowest BCUT2D eigenvalue weighted by Crippen LogP contribution is -2.43. The molecule has 0 aliphatic rings. The third kappa shape index (κ3) is 5.64. The van der Waals surface area contributed by atoms with E-state index in [1.165, 1.54) is 6.26 Å². The molecule has 6 heteroatoms. The van der Waals surface area contributed by atoms with Crippen LogP contribution in [0, 0.1) is 30.4 Å². The molecule has 0 aliphatic heterocycles. The number of sulfonamides is 1. The van der Waals surface area contributed by atoms with E-state index in [0.29, 0.717) is 22.4 Å². The third-order valence-electron chi connectivity index (χ3n) is 5.88. The number of benzene rings is 1. The second-order valence-electron chi connectivity index (χ2n) is 8.79. The molecule has 2 aromatic rings. The third-order valence-corrected chi connectivity index (χ3v) is 13.8. The van der Waals surface area contributed by atoms with E-state index < -0.39 is 18.1 Å². The Hall–Kier alpha value is -2.41. The van der Waals surface area contributed by atoms with Crippen LogP contribution in [0.4, 0.5) is 0 Å². The quantitative estimate of drug-likeness (QED) is 0.294. The topological polar surface area (TPSA) is 50.5 Å². The maximum atomic E-state index is 13.2. The van der Waals surface area contributed by atoms with Crippen LogP contribution < -0.4 is 0 Å². The average molecular weight is 456 g/mol. The first-order valence-corrected chi connectivity index (χ1v) is 14.3. The lowest BCUT2D eigenvalue weighted by atomic mass is 10.2. The summed E-state index contributed by atoms with van der Waals surface area (Å²) in [5, 5.41) is 0. The standard InChI is InChI=1S/C25H33NO3SSi/c1-20(2)31(21(3)4,22(5)6)18-9-8-16-26(19-24-11-10-17-29-24)30(27,28)25-14-12-23(7)13-15-25/h10-15,17,20-22H,19H2,1-7H3. The molecule has 0 fully saturated rings. The van der Waals surface area contributed by atoms with Crippen LogP contribution >= 0.6 is 0 Å². The van der Waals surface area contributed by atoms with Gasteiger partial charge in [0.05, 0.1) is 11.2 Å². The summed E-state index contributed by atoms with van der Waals surface area (Å²) >= 11 is 0. The van der Waals surface area contributed by atoms with E-state index in [1.54, 1.807) is 36.4 Å². The van der Waals surface area contributed by atoms with Crippen molar-refractivity contribution in [2.75, 3.05) is 0 Å². The highest BCUT2D eigenvalue weighted by atomic mass is 32.2. The van der Waals surface area contributed by atoms with Gasteiger partial charge in [-0.3, -0.25) is 0 Å². The second-order valence-corrected chi connectivity index (χ2v) is 16.2. The number of rotatable bonds is 7. The first kappa shape index (κ1) is 24.9. The SMILES string of the molecule is Cc1ccc(S(=O)(=O)N(C#CC#C[Si](C(C)C)(C(C)C)C(C)C)Cc2ccco2)cc1. The fraction of sp³-hybridized carbons (Fsp3) is 0.440. The summed E-state index contributed by atoms with van der Waals surface area (Å²) in [4.78, 5) is 0.196. The number of hydrogen-bond donors (Lipinski definition) is 0. The van der Waals surface area contributed by atoms with Gasteiger partial charge in [0.2, 0.25) is 0 Å². The first-order valence-electron chi connectivity index (χ1n) is 10.7. The van der Waals surface area contributed by atoms with Gasteiger partial charge in [-0.2, -0.15) is 0 Å². The van der Waals surface area contributed by atoms with Crippen LogP contribution in [0.15, 0.2) is 52.0 Å². The van der Waals surface area contributed by atoms with Crippen LogP contribution in [0.3, 0.4) is 0 Å². The second kappa shape index (κ2) is 10.3. The number of furan rings is 1. The zero-order chi connectivity index (χ0) is 23.2. The van der Waals surface area contributed by atoms with Crippen molar-refractivity contribution < 1.29 is 12.8 Å². The summed E-state index contributed by atoms with van der Waals surface area (Å²) in [6.45, 7) is 15.4. The van der Waals surface area contributed by atoms with Gasteiger partial charge >= 0.3 is 0 Å². The van der Waals surface area contributed by atoms with E-state index in [2.05, 4.69) is 65.0 Å². The number of nitrogens with zero attached hydrogens (tertiary/aromatic N) is 1. The minimum Gasteiger partial charge on any atom is -0.467 e. The van der Waals surface area contributed by atoms with Gasteiger partial charge in [0.25, 0.3) is 10.0 Å². The Morgan fingerprint density at radius 1 is 0.935 bits per heavy atom. The predicted molar refractivity (Wildman–Crippen MR) is 129 cm³/mol. The minimum absolute atomic E-state index is 0.0268. The fourth-order valence-electron chi connectivity index (χ4n) is 4.23. The molecule has 31 heavy (non-hydrogen) atoms. The molecule has 0 unspecified atom stereocenters. The Kier molecular flexibility index (Phi) is 8.23. The predicted octanol–water partition coefficient (Wildman–Crippen LogP) is 5.96. The molecule has 0 radical (unpaired) electrons. The summed E-state index contributed by atoms with van der Waals surface area (Å²) in [6, 6.07) is 13.0. The Balaban J connectivity index is 2.46. The monoisotopic (exact) mass is 455 g/mol. The lowest BCUT2D eigenvalue weighted by molar-refractivity contribution is 0.436. The van der Waals surface area contributed by atoms with E-state index in [0.717, 1.165) is 9.87 Å². The molecule has 0 bridgehead atoms. The Labute approximate surface area is 189 Å². The highest BCUT2D eigenvalue weighted by Crippen LogP contribution is 2.40. The van der Waals surface area contributed by atoms with Crippen molar-refractivity contribution in [3.63, 3.8) is 0 Å². The molecule has 0 amide bonds. The summed E-state index contributed by atoms with van der Waals surface area (Å²) in [7, 11) is -5.74. The number of hydrogen-bond acceptors (Lipinski definition) is 3. The van der Waals surface area contributed by atoms with E-state index in [4.69, 9.17) is 4.42 Å². The summed E-state index contributed by atoms with van der Waals surface area (Å²) in [5.74, 6) is 6.38. The van der Waals surface area contributed by atoms with Crippen molar-refractivity contribution in [2.24, 2.45) is 0 Å². The van der Waals surface area contributed by atoms with Gasteiger partial charge in [-0.15, -0.1) is 5.54 Å². The summed E-state index contributed by atoms with van der Waals surface area (Å²) in [5.41, 5.74) is 5.96. The van der Waals surface area contributed by atoms with Crippen LogP contribution in [0.5, 0.6) is 0 Å².